The number of carbonyl (C=O) groups is 5. The number of amides is 4. The number of esters is 1. The molecular formula is C30H34N8O11S2. The van der Waals surface area contributed by atoms with Crippen LogP contribution in [0.4, 0.5) is 9.93 Å². The van der Waals surface area contributed by atoms with E-state index in [1.54, 1.807) is 31.7 Å². The molecule has 3 saturated heterocycles. The van der Waals surface area contributed by atoms with Gasteiger partial charge >= 0.3 is 17.9 Å². The molecule has 0 spiro atoms. The van der Waals surface area contributed by atoms with E-state index < -0.39 is 52.4 Å². The van der Waals surface area contributed by atoms with E-state index in [9.17, 15) is 34.0 Å². The Kier molecular flexibility index (Phi) is 9.68. The summed E-state index contributed by atoms with van der Waals surface area (Å²) in [6, 6.07) is -1.36. The molecule has 0 bridgehead atoms. The van der Waals surface area contributed by atoms with Crippen LogP contribution in [0, 0.1) is 6.92 Å². The Hall–Kier alpha value is -5.18. The van der Waals surface area contributed by atoms with Crippen LogP contribution < -0.4 is 16.9 Å². The number of allylic oxidation sites excluding steroid dienone is 1. The molecule has 4 aliphatic heterocycles. The average Bonchev–Trinajstić information content (AvgIpc) is 3.86. The monoisotopic (exact) mass is 746 g/mol. The van der Waals surface area contributed by atoms with Gasteiger partial charge in [0.2, 0.25) is 17.4 Å². The molecule has 21 heteroatoms. The van der Waals surface area contributed by atoms with Gasteiger partial charge < -0.3 is 44.4 Å². The molecule has 2 aromatic rings. The second-order valence-corrected chi connectivity index (χ2v) is 14.8. The number of oxime groups is 1. The molecule has 4 aliphatic rings. The maximum atomic E-state index is 13.7. The fraction of sp³-hybridized carbons (Fsp3) is 0.500. The van der Waals surface area contributed by atoms with E-state index in [4.69, 9.17) is 24.0 Å². The van der Waals surface area contributed by atoms with Crippen molar-refractivity contribution in [1.82, 2.24) is 29.4 Å². The zero-order valence-corrected chi connectivity index (χ0v) is 29.5. The number of nitrogens with two attached hydrogens (primary N) is 1. The van der Waals surface area contributed by atoms with E-state index in [2.05, 4.69) is 19.8 Å². The van der Waals surface area contributed by atoms with Crippen LogP contribution in [0.1, 0.15) is 51.0 Å². The minimum absolute atomic E-state index is 0.0357. The van der Waals surface area contributed by atoms with Gasteiger partial charge in [0, 0.05) is 42.5 Å². The molecule has 0 aromatic carbocycles. The van der Waals surface area contributed by atoms with Crippen LogP contribution in [0.3, 0.4) is 0 Å². The van der Waals surface area contributed by atoms with Crippen molar-refractivity contribution in [2.45, 2.75) is 70.2 Å². The molecule has 3 atom stereocenters. The Morgan fingerprint density at radius 3 is 2.61 bits per heavy atom. The summed E-state index contributed by atoms with van der Waals surface area (Å²) in [5.74, 6) is -3.12. The molecule has 51 heavy (non-hydrogen) atoms. The molecule has 272 valence electrons. The minimum Gasteiger partial charge on any atom is -0.455 e. The van der Waals surface area contributed by atoms with Gasteiger partial charge in [-0.1, -0.05) is 5.16 Å². The van der Waals surface area contributed by atoms with Crippen molar-refractivity contribution >= 4 is 63.9 Å². The van der Waals surface area contributed by atoms with Gasteiger partial charge in [-0.05, 0) is 52.2 Å². The number of anilines is 1. The summed E-state index contributed by atoms with van der Waals surface area (Å²) in [6.45, 7) is 7.27. The lowest BCUT2D eigenvalue weighted by atomic mass is 10.0. The number of hydrogen-bond donors (Lipinski definition) is 3. The summed E-state index contributed by atoms with van der Waals surface area (Å²) in [5.41, 5.74) is 4.94. The van der Waals surface area contributed by atoms with Crippen LogP contribution >= 0.6 is 23.3 Å². The second kappa shape index (κ2) is 13.9. The summed E-state index contributed by atoms with van der Waals surface area (Å²) in [7, 11) is 0. The Bertz CT molecular complexity index is 1940. The molecule has 0 saturated carbocycles. The molecule has 4 amide bonds. The number of aryl methyl sites for hydroxylation is 1. The molecule has 3 fully saturated rings. The lowest BCUT2D eigenvalue weighted by molar-refractivity contribution is -0.158. The highest BCUT2D eigenvalue weighted by atomic mass is 32.2. The average molecular weight is 747 g/mol. The molecule has 0 radical (unpaired) electrons. The second-order valence-electron chi connectivity index (χ2n) is 12.9. The van der Waals surface area contributed by atoms with E-state index in [-0.39, 0.29) is 59.0 Å². The van der Waals surface area contributed by atoms with Gasteiger partial charge in [0.05, 0.1) is 6.04 Å². The number of β-lactam (4-membered cyclic amide) rings is 1. The van der Waals surface area contributed by atoms with Gasteiger partial charge in [-0.15, -0.1) is 11.8 Å². The van der Waals surface area contributed by atoms with Crippen molar-refractivity contribution in [1.29, 1.82) is 0 Å². The van der Waals surface area contributed by atoms with Crippen LogP contribution in [-0.4, -0.2) is 113 Å². The number of fused-ring (bicyclic) bond motifs is 1. The lowest BCUT2D eigenvalue weighted by Crippen LogP contribution is -2.71. The largest absolute Gasteiger partial charge is 0.519 e. The number of nitrogens with zero attached hydrogens (tertiary/aromatic N) is 6. The summed E-state index contributed by atoms with van der Waals surface area (Å²) in [5, 5.41) is 14.3. The molecule has 0 aliphatic carbocycles. The quantitative estimate of drug-likeness (QED) is 0.0840. The van der Waals surface area contributed by atoms with E-state index >= 15 is 0 Å². The van der Waals surface area contributed by atoms with Gasteiger partial charge in [0.15, 0.2) is 23.3 Å². The van der Waals surface area contributed by atoms with Gasteiger partial charge in [-0.3, -0.25) is 19.3 Å². The smallest absolute Gasteiger partial charge is 0.455 e. The highest BCUT2D eigenvalue weighted by molar-refractivity contribution is 8.00. The van der Waals surface area contributed by atoms with Crippen molar-refractivity contribution in [2.75, 3.05) is 31.1 Å². The number of nitrogen functional groups attached to an aromatic ring is 1. The number of likely N-dealkylation sites (tertiary alicyclic amines) is 2. The zero-order chi connectivity index (χ0) is 36.8. The summed E-state index contributed by atoms with van der Waals surface area (Å²) in [4.78, 5) is 85.9. The lowest BCUT2D eigenvalue weighted by Gasteiger charge is -2.49. The van der Waals surface area contributed by atoms with Gasteiger partial charge in [-0.25, -0.2) is 14.4 Å². The van der Waals surface area contributed by atoms with Gasteiger partial charge in [0.25, 0.3) is 11.8 Å². The number of aromatic nitrogens is 2. The minimum atomic E-state index is -1.08. The first kappa shape index (κ1) is 35.6. The zero-order valence-electron chi connectivity index (χ0n) is 27.9. The van der Waals surface area contributed by atoms with Crippen LogP contribution in [-0.2, 0) is 35.3 Å². The van der Waals surface area contributed by atoms with Gasteiger partial charge in [0.1, 0.15) is 22.7 Å². The Labute approximate surface area is 297 Å². The predicted molar refractivity (Wildman–Crippen MR) is 177 cm³/mol. The number of ether oxygens (including phenoxy) is 2. The van der Waals surface area contributed by atoms with Crippen LogP contribution in [0.2, 0.25) is 0 Å². The van der Waals surface area contributed by atoms with Crippen LogP contribution in [0.25, 0.3) is 0 Å². The number of rotatable bonds is 8. The first-order valence-corrected chi connectivity index (χ1v) is 17.5. The Morgan fingerprint density at radius 2 is 1.96 bits per heavy atom. The highest BCUT2D eigenvalue weighted by Crippen LogP contribution is 2.42. The number of carbonyl (C=O) groups excluding carboxylic acids is 5. The van der Waals surface area contributed by atoms with Crippen LogP contribution in [0.5, 0.6) is 0 Å². The van der Waals surface area contributed by atoms with Crippen molar-refractivity contribution < 1.29 is 47.5 Å². The van der Waals surface area contributed by atoms with Crippen molar-refractivity contribution in [3.8, 4) is 0 Å². The summed E-state index contributed by atoms with van der Waals surface area (Å²) >= 11 is 2.06. The maximum Gasteiger partial charge on any atom is 0.519 e. The van der Waals surface area contributed by atoms with E-state index in [1.807, 2.05) is 0 Å². The first-order chi connectivity index (χ1) is 24.1. The maximum absolute atomic E-state index is 13.7. The van der Waals surface area contributed by atoms with Crippen molar-refractivity contribution in [2.24, 2.45) is 5.16 Å². The molecule has 6 rings (SSSR count). The molecule has 2 aromatic heterocycles. The standard InChI is InChI=1S/C30H34N8O11S2/c1-13-17(48-29(44)47-13)11-46-28(43)36-7-6-16(10-36)37-8-5-14(23(37)40)9-15-12-50-25-19(24(41)38(25)20(15)26(42)49-30(2,3)4)32-22(39)18(34-45)21-33-27(31)51-35-21/h9,16,19,25,45H,5-8,10-12H2,1-4H3,(H,32,39)(H2,31,33,35)/b14-9?,34-18-/t16-,19+,25+/m0/s1. The summed E-state index contributed by atoms with van der Waals surface area (Å²) in [6.07, 6.45) is 1.87. The summed E-state index contributed by atoms with van der Waals surface area (Å²) < 4.78 is 24.4. The molecule has 4 N–H and O–H groups in total. The third kappa shape index (κ3) is 7.20. The van der Waals surface area contributed by atoms with Crippen LogP contribution in [0.15, 0.2) is 41.7 Å². The molecular weight excluding hydrogens is 713 g/mol. The van der Waals surface area contributed by atoms with Crippen molar-refractivity contribution in [3.05, 3.63) is 50.9 Å². The number of thioether (sulfide) groups is 1. The fourth-order valence-electron chi connectivity index (χ4n) is 6.02. The van der Waals surface area contributed by atoms with Crippen molar-refractivity contribution in [3.63, 3.8) is 0 Å². The number of hydrogen-bond acceptors (Lipinski definition) is 17. The topological polar surface area (TPSA) is 253 Å². The van der Waals surface area contributed by atoms with Gasteiger partial charge in [-0.2, -0.15) is 9.36 Å². The highest BCUT2D eigenvalue weighted by Gasteiger charge is 2.55. The fourth-order valence-corrected chi connectivity index (χ4v) is 7.76. The van der Waals surface area contributed by atoms with E-state index in [1.165, 1.54) is 28.5 Å². The third-order valence-corrected chi connectivity index (χ3v) is 10.2. The molecule has 6 heterocycles. The molecule has 0 unspecified atom stereocenters. The number of nitrogens with one attached hydrogen (secondary N) is 1. The normalized spacial score (nSPS) is 23.1. The Morgan fingerprint density at radius 1 is 1.20 bits per heavy atom. The predicted octanol–water partition coefficient (Wildman–Crippen LogP) is 0.719. The third-order valence-electron chi connectivity index (χ3n) is 8.38. The van der Waals surface area contributed by atoms with E-state index in [0.29, 0.717) is 37.1 Å². The SMILES string of the molecule is Cc1oc(=O)oc1COC(=O)N1CC[C@H](N2CCC(=CC3=C(C(=O)OC(C)(C)C)N4C(=O)[C@@H](NC(=O)/C(=N\O)c5nsc(N)n5)[C@H]4SC3)C2=O)C1. The first-order valence-electron chi connectivity index (χ1n) is 15.7. The molecule has 19 nitrogen and oxygen atoms in total. The van der Waals surface area contributed by atoms with E-state index in [0.717, 1.165) is 11.5 Å². The Balaban J connectivity index is 1.15.